The molecule has 0 spiro atoms. The molecule has 0 bridgehead atoms. The molecule has 3 heteroatoms. The van der Waals surface area contributed by atoms with Gasteiger partial charge in [0.05, 0.1) is 19.6 Å². The zero-order valence-electron chi connectivity index (χ0n) is 13.4. The van der Waals surface area contributed by atoms with E-state index in [1.165, 1.54) is 5.56 Å². The summed E-state index contributed by atoms with van der Waals surface area (Å²) in [6.07, 6.45) is 1.40. The fourth-order valence-electron chi connectivity index (χ4n) is 2.35. The number of amides is 1. The van der Waals surface area contributed by atoms with Gasteiger partial charge in [-0.3, -0.25) is 4.79 Å². The quantitative estimate of drug-likeness (QED) is 0.883. The number of aryl methyl sites for hydroxylation is 1. The van der Waals surface area contributed by atoms with Crippen LogP contribution in [0.3, 0.4) is 0 Å². The number of hydrogen-bond acceptors (Lipinski definition) is 2. The molecular formula is C19H23NO2. The van der Waals surface area contributed by atoms with Gasteiger partial charge in [0.2, 0.25) is 5.91 Å². The molecule has 0 saturated carbocycles. The SMILES string of the molecule is CCc1ccc(C(C)NC(=O)Cc2ccc(OC)cc2)cc1. The molecule has 3 nitrogen and oxygen atoms in total. The highest BCUT2D eigenvalue weighted by Gasteiger charge is 2.10. The van der Waals surface area contributed by atoms with Gasteiger partial charge in [-0.15, -0.1) is 0 Å². The van der Waals surface area contributed by atoms with Crippen molar-refractivity contribution in [2.45, 2.75) is 32.7 Å². The lowest BCUT2D eigenvalue weighted by atomic mass is 10.0. The number of hydrogen-bond donors (Lipinski definition) is 1. The van der Waals surface area contributed by atoms with Gasteiger partial charge in [0, 0.05) is 0 Å². The third-order valence-electron chi connectivity index (χ3n) is 3.79. The molecule has 2 aromatic carbocycles. The highest BCUT2D eigenvalue weighted by atomic mass is 16.5. The Hall–Kier alpha value is -2.29. The first-order valence-corrected chi connectivity index (χ1v) is 7.63. The fourth-order valence-corrected chi connectivity index (χ4v) is 2.35. The molecule has 0 radical (unpaired) electrons. The van der Waals surface area contributed by atoms with Crippen molar-refractivity contribution in [1.29, 1.82) is 0 Å². The van der Waals surface area contributed by atoms with Crippen molar-refractivity contribution in [2.75, 3.05) is 7.11 Å². The summed E-state index contributed by atoms with van der Waals surface area (Å²) < 4.78 is 5.11. The second-order valence-corrected chi connectivity index (χ2v) is 5.41. The Bertz CT molecular complexity index is 602. The summed E-state index contributed by atoms with van der Waals surface area (Å²) in [5.41, 5.74) is 3.41. The van der Waals surface area contributed by atoms with Crippen molar-refractivity contribution >= 4 is 5.91 Å². The normalized spacial score (nSPS) is 11.8. The number of nitrogens with one attached hydrogen (secondary N) is 1. The van der Waals surface area contributed by atoms with Crippen LogP contribution in [-0.2, 0) is 17.6 Å². The maximum atomic E-state index is 12.1. The Balaban J connectivity index is 1.92. The van der Waals surface area contributed by atoms with Crippen molar-refractivity contribution in [3.8, 4) is 5.75 Å². The van der Waals surface area contributed by atoms with Crippen LogP contribution in [0.5, 0.6) is 5.75 Å². The highest BCUT2D eigenvalue weighted by molar-refractivity contribution is 5.79. The number of carbonyl (C=O) groups excluding carboxylic acids is 1. The summed E-state index contributed by atoms with van der Waals surface area (Å²) in [5, 5.41) is 3.04. The van der Waals surface area contributed by atoms with Crippen LogP contribution in [0.2, 0.25) is 0 Å². The van der Waals surface area contributed by atoms with Crippen LogP contribution in [0.15, 0.2) is 48.5 Å². The van der Waals surface area contributed by atoms with Gasteiger partial charge in [0.25, 0.3) is 0 Å². The minimum Gasteiger partial charge on any atom is -0.497 e. The first-order valence-electron chi connectivity index (χ1n) is 7.63. The van der Waals surface area contributed by atoms with Crippen LogP contribution in [0.4, 0.5) is 0 Å². The lowest BCUT2D eigenvalue weighted by Crippen LogP contribution is -2.28. The predicted molar refractivity (Wildman–Crippen MR) is 89.1 cm³/mol. The molecule has 2 rings (SSSR count). The molecule has 0 aliphatic heterocycles. The van der Waals surface area contributed by atoms with Crippen molar-refractivity contribution in [1.82, 2.24) is 5.32 Å². The number of benzene rings is 2. The Kier molecular flexibility index (Phi) is 5.59. The summed E-state index contributed by atoms with van der Waals surface area (Å²) >= 11 is 0. The first kappa shape index (κ1) is 16.1. The molecule has 0 aliphatic carbocycles. The van der Waals surface area contributed by atoms with Gasteiger partial charge in [0.1, 0.15) is 5.75 Å². The van der Waals surface area contributed by atoms with Crippen LogP contribution in [0.1, 0.15) is 36.6 Å². The topological polar surface area (TPSA) is 38.3 Å². The Morgan fingerprint density at radius 1 is 1.05 bits per heavy atom. The van der Waals surface area contributed by atoms with Gasteiger partial charge >= 0.3 is 0 Å². The second kappa shape index (κ2) is 7.64. The predicted octanol–water partition coefficient (Wildman–Crippen LogP) is 3.68. The van der Waals surface area contributed by atoms with E-state index in [4.69, 9.17) is 4.74 Å². The molecule has 1 N–H and O–H groups in total. The average molecular weight is 297 g/mol. The van der Waals surface area contributed by atoms with Gasteiger partial charge in [-0.2, -0.15) is 0 Å². The van der Waals surface area contributed by atoms with E-state index in [0.29, 0.717) is 6.42 Å². The maximum absolute atomic E-state index is 12.1. The lowest BCUT2D eigenvalue weighted by molar-refractivity contribution is -0.121. The minimum absolute atomic E-state index is 0.0108. The largest absolute Gasteiger partial charge is 0.497 e. The van der Waals surface area contributed by atoms with Gasteiger partial charge in [-0.25, -0.2) is 0 Å². The molecule has 1 unspecified atom stereocenters. The van der Waals surface area contributed by atoms with E-state index < -0.39 is 0 Å². The van der Waals surface area contributed by atoms with E-state index in [0.717, 1.165) is 23.3 Å². The highest BCUT2D eigenvalue weighted by Crippen LogP contribution is 2.15. The minimum atomic E-state index is 0.0108. The molecular weight excluding hydrogens is 274 g/mol. The smallest absolute Gasteiger partial charge is 0.224 e. The van der Waals surface area contributed by atoms with Crippen molar-refractivity contribution in [2.24, 2.45) is 0 Å². The van der Waals surface area contributed by atoms with Crippen LogP contribution in [0, 0.1) is 0 Å². The van der Waals surface area contributed by atoms with Crippen molar-refractivity contribution in [3.05, 3.63) is 65.2 Å². The van der Waals surface area contributed by atoms with Crippen molar-refractivity contribution in [3.63, 3.8) is 0 Å². The lowest BCUT2D eigenvalue weighted by Gasteiger charge is -2.15. The molecule has 0 aliphatic rings. The average Bonchev–Trinajstić information content (AvgIpc) is 2.55. The summed E-state index contributed by atoms with van der Waals surface area (Å²) in [5.74, 6) is 0.825. The number of methoxy groups -OCH3 is 1. The van der Waals surface area contributed by atoms with Crippen molar-refractivity contribution < 1.29 is 9.53 Å². The van der Waals surface area contributed by atoms with Gasteiger partial charge in [-0.1, -0.05) is 43.3 Å². The Labute approximate surface area is 132 Å². The number of ether oxygens (including phenoxy) is 1. The molecule has 0 saturated heterocycles. The van der Waals surface area contributed by atoms with Gasteiger partial charge in [0.15, 0.2) is 0 Å². The third kappa shape index (κ3) is 4.35. The third-order valence-corrected chi connectivity index (χ3v) is 3.79. The van der Waals surface area contributed by atoms with E-state index >= 15 is 0 Å². The zero-order valence-corrected chi connectivity index (χ0v) is 13.4. The van der Waals surface area contributed by atoms with Gasteiger partial charge < -0.3 is 10.1 Å². The standard InChI is InChI=1S/C19H23NO2/c1-4-15-5-9-17(10-6-15)14(2)20-19(21)13-16-7-11-18(22-3)12-8-16/h5-12,14H,4,13H2,1-3H3,(H,20,21). The van der Waals surface area contributed by atoms with Gasteiger partial charge in [-0.05, 0) is 42.2 Å². The maximum Gasteiger partial charge on any atom is 0.224 e. The Morgan fingerprint density at radius 2 is 1.64 bits per heavy atom. The molecule has 1 atom stereocenters. The zero-order chi connectivity index (χ0) is 15.9. The van der Waals surface area contributed by atoms with Crippen LogP contribution >= 0.6 is 0 Å². The summed E-state index contributed by atoms with van der Waals surface area (Å²) in [7, 11) is 1.63. The molecule has 2 aromatic rings. The van der Waals surface area contributed by atoms with Crippen LogP contribution in [-0.4, -0.2) is 13.0 Å². The monoisotopic (exact) mass is 297 g/mol. The fraction of sp³-hybridized carbons (Fsp3) is 0.316. The molecule has 0 fully saturated rings. The van der Waals surface area contributed by atoms with E-state index in [1.54, 1.807) is 7.11 Å². The summed E-state index contributed by atoms with van der Waals surface area (Å²) in [4.78, 5) is 12.1. The Morgan fingerprint density at radius 3 is 2.18 bits per heavy atom. The summed E-state index contributed by atoms with van der Waals surface area (Å²) in [6.45, 7) is 4.14. The number of carbonyl (C=O) groups is 1. The molecule has 0 aromatic heterocycles. The molecule has 116 valence electrons. The summed E-state index contributed by atoms with van der Waals surface area (Å²) in [6, 6.07) is 16.0. The molecule has 0 heterocycles. The van der Waals surface area contributed by atoms with E-state index in [2.05, 4.69) is 36.5 Å². The van der Waals surface area contributed by atoms with Crippen LogP contribution < -0.4 is 10.1 Å². The van der Waals surface area contributed by atoms with E-state index in [1.807, 2.05) is 31.2 Å². The van der Waals surface area contributed by atoms with Crippen LogP contribution in [0.25, 0.3) is 0 Å². The number of rotatable bonds is 6. The second-order valence-electron chi connectivity index (χ2n) is 5.41. The van der Waals surface area contributed by atoms with E-state index in [9.17, 15) is 4.79 Å². The first-order chi connectivity index (χ1) is 10.6. The molecule has 1 amide bonds. The van der Waals surface area contributed by atoms with E-state index in [-0.39, 0.29) is 11.9 Å². The molecule has 22 heavy (non-hydrogen) atoms.